The summed E-state index contributed by atoms with van der Waals surface area (Å²) in [4.78, 5) is 14.3. The van der Waals surface area contributed by atoms with Crippen LogP contribution in [-0.2, 0) is 23.0 Å². The Bertz CT molecular complexity index is 1250. The van der Waals surface area contributed by atoms with Gasteiger partial charge in [0.05, 0.1) is 11.5 Å². The molecular weight excluding hydrogens is 431 g/mol. The summed E-state index contributed by atoms with van der Waals surface area (Å²) in [6, 6.07) is 17.8. The number of hydrogen-bond acceptors (Lipinski definition) is 4. The number of fused-ring (bicyclic) bond motifs is 1. The fourth-order valence-corrected chi connectivity index (χ4v) is 4.75. The summed E-state index contributed by atoms with van der Waals surface area (Å²) in [6.45, 7) is 2.98. The van der Waals surface area contributed by atoms with Gasteiger partial charge in [-0.3, -0.25) is 9.52 Å². The number of anilines is 1. The lowest BCUT2D eigenvalue weighted by molar-refractivity contribution is 0.0734. The average molecular weight is 455 g/mol. The molecule has 0 aliphatic carbocycles. The van der Waals surface area contributed by atoms with E-state index in [9.17, 15) is 17.6 Å². The summed E-state index contributed by atoms with van der Waals surface area (Å²) >= 11 is 0. The van der Waals surface area contributed by atoms with Crippen molar-refractivity contribution in [2.45, 2.75) is 24.8 Å². The fraction of sp³-hybridized carbons (Fsp3) is 0.208. The fourth-order valence-electron chi connectivity index (χ4n) is 3.69. The first-order valence-corrected chi connectivity index (χ1v) is 11.8. The van der Waals surface area contributed by atoms with E-state index in [0.29, 0.717) is 30.8 Å². The first kappa shape index (κ1) is 21.8. The van der Waals surface area contributed by atoms with Gasteiger partial charge in [0.2, 0.25) is 0 Å². The molecule has 3 aromatic rings. The quantitative estimate of drug-likeness (QED) is 0.605. The van der Waals surface area contributed by atoms with Crippen molar-refractivity contribution in [3.8, 4) is 5.75 Å². The van der Waals surface area contributed by atoms with Gasteiger partial charge in [0.15, 0.2) is 11.6 Å². The second kappa shape index (κ2) is 9.00. The zero-order valence-electron chi connectivity index (χ0n) is 17.5. The molecular formula is C24H23FN2O4S. The number of ether oxygens (including phenoxy) is 1. The van der Waals surface area contributed by atoms with E-state index in [4.69, 9.17) is 4.74 Å². The second-order valence-corrected chi connectivity index (χ2v) is 9.14. The Labute approximate surface area is 186 Å². The monoisotopic (exact) mass is 454 g/mol. The minimum atomic E-state index is -3.99. The largest absolute Gasteiger partial charge is 0.491 e. The number of halogens is 1. The van der Waals surface area contributed by atoms with E-state index in [1.165, 1.54) is 12.1 Å². The lowest BCUT2D eigenvalue weighted by Crippen LogP contribution is -2.36. The van der Waals surface area contributed by atoms with Crippen LogP contribution in [0.15, 0.2) is 71.6 Å². The molecule has 0 radical (unpaired) electrons. The number of carbonyl (C=O) groups is 1. The molecule has 0 bridgehead atoms. The van der Waals surface area contributed by atoms with Crippen LogP contribution in [0.4, 0.5) is 10.1 Å². The molecule has 6 nitrogen and oxygen atoms in total. The first-order valence-electron chi connectivity index (χ1n) is 10.3. The van der Waals surface area contributed by atoms with Crippen molar-refractivity contribution in [2.24, 2.45) is 0 Å². The maximum Gasteiger partial charge on any atom is 0.262 e. The third kappa shape index (κ3) is 4.60. The highest BCUT2D eigenvalue weighted by Crippen LogP contribution is 2.27. The summed E-state index contributed by atoms with van der Waals surface area (Å²) < 4.78 is 47.3. The number of benzene rings is 3. The van der Waals surface area contributed by atoms with Crippen molar-refractivity contribution < 1.29 is 22.3 Å². The summed E-state index contributed by atoms with van der Waals surface area (Å²) in [5.74, 6) is -0.800. The third-order valence-electron chi connectivity index (χ3n) is 5.29. The van der Waals surface area contributed by atoms with Crippen molar-refractivity contribution in [3.63, 3.8) is 0 Å². The van der Waals surface area contributed by atoms with Gasteiger partial charge >= 0.3 is 0 Å². The molecule has 0 saturated heterocycles. The van der Waals surface area contributed by atoms with Gasteiger partial charge in [-0.2, -0.15) is 0 Å². The van der Waals surface area contributed by atoms with Crippen LogP contribution in [0.5, 0.6) is 5.75 Å². The van der Waals surface area contributed by atoms with Crippen LogP contribution < -0.4 is 9.46 Å². The molecule has 3 aromatic carbocycles. The van der Waals surface area contributed by atoms with E-state index in [1.807, 2.05) is 24.3 Å². The molecule has 1 N–H and O–H groups in total. The van der Waals surface area contributed by atoms with Crippen molar-refractivity contribution in [1.82, 2.24) is 4.90 Å². The maximum absolute atomic E-state index is 14.1. The minimum absolute atomic E-state index is 0.00315. The standard InChI is InChI=1S/C24H23FN2O4S/c1-2-31-23-11-10-21(15-22(23)25)32(29,30)26-20-9-8-17-12-13-27(16-19(17)14-20)24(28)18-6-4-3-5-7-18/h3-11,14-15,26H,2,12-13,16H2,1H3. The number of rotatable bonds is 6. The summed E-state index contributed by atoms with van der Waals surface area (Å²) in [5, 5.41) is 0. The van der Waals surface area contributed by atoms with Crippen LogP contribution in [0.2, 0.25) is 0 Å². The number of sulfonamides is 1. The number of amides is 1. The summed E-state index contributed by atoms with van der Waals surface area (Å²) in [7, 11) is -3.99. The highest BCUT2D eigenvalue weighted by molar-refractivity contribution is 7.92. The molecule has 0 fully saturated rings. The lowest BCUT2D eigenvalue weighted by atomic mass is 9.98. The van der Waals surface area contributed by atoms with Crippen molar-refractivity contribution in [2.75, 3.05) is 17.9 Å². The van der Waals surface area contributed by atoms with Gasteiger partial charge in [-0.15, -0.1) is 0 Å². The van der Waals surface area contributed by atoms with Crippen molar-refractivity contribution in [1.29, 1.82) is 0 Å². The molecule has 0 aromatic heterocycles. The minimum Gasteiger partial charge on any atom is -0.491 e. The van der Waals surface area contributed by atoms with Crippen LogP contribution >= 0.6 is 0 Å². The van der Waals surface area contributed by atoms with Crippen LogP contribution in [0.1, 0.15) is 28.4 Å². The molecule has 0 unspecified atom stereocenters. The molecule has 1 amide bonds. The number of nitrogens with zero attached hydrogens (tertiary/aromatic N) is 1. The SMILES string of the molecule is CCOc1ccc(S(=O)(=O)Nc2ccc3c(c2)CN(C(=O)c2ccccc2)CC3)cc1F. The Morgan fingerprint density at radius 1 is 1.06 bits per heavy atom. The summed E-state index contributed by atoms with van der Waals surface area (Å²) in [6.07, 6.45) is 0.686. The van der Waals surface area contributed by atoms with Crippen LogP contribution in [0.3, 0.4) is 0 Å². The average Bonchev–Trinajstić information content (AvgIpc) is 2.80. The highest BCUT2D eigenvalue weighted by Gasteiger charge is 2.23. The molecule has 1 aliphatic heterocycles. The molecule has 32 heavy (non-hydrogen) atoms. The van der Waals surface area contributed by atoms with Gasteiger partial charge in [-0.05, 0) is 66.9 Å². The van der Waals surface area contributed by atoms with E-state index in [0.717, 1.165) is 17.2 Å². The van der Waals surface area contributed by atoms with Crippen molar-refractivity contribution in [3.05, 3.63) is 89.2 Å². The Hall–Kier alpha value is -3.39. The Balaban J connectivity index is 1.53. The Morgan fingerprint density at radius 2 is 1.84 bits per heavy atom. The number of nitrogens with one attached hydrogen (secondary N) is 1. The molecule has 1 heterocycles. The van der Waals surface area contributed by atoms with Gasteiger partial charge in [0, 0.05) is 24.3 Å². The molecule has 1 aliphatic rings. The molecule has 0 atom stereocenters. The van der Waals surface area contributed by atoms with Gasteiger partial charge in [0.25, 0.3) is 15.9 Å². The summed E-state index contributed by atoms with van der Waals surface area (Å²) in [5.41, 5.74) is 2.91. The number of hydrogen-bond donors (Lipinski definition) is 1. The third-order valence-corrected chi connectivity index (χ3v) is 6.67. The highest BCUT2D eigenvalue weighted by atomic mass is 32.2. The Morgan fingerprint density at radius 3 is 2.56 bits per heavy atom. The van der Waals surface area contributed by atoms with E-state index in [2.05, 4.69) is 4.72 Å². The van der Waals surface area contributed by atoms with Crippen LogP contribution in [0, 0.1) is 5.82 Å². The predicted molar refractivity (Wildman–Crippen MR) is 120 cm³/mol. The van der Waals surface area contributed by atoms with E-state index < -0.39 is 15.8 Å². The molecule has 8 heteroatoms. The first-order chi connectivity index (χ1) is 15.4. The maximum atomic E-state index is 14.1. The van der Waals surface area contributed by atoms with Gasteiger partial charge < -0.3 is 9.64 Å². The Kier molecular flexibility index (Phi) is 6.14. The van der Waals surface area contributed by atoms with Gasteiger partial charge in [-0.25, -0.2) is 12.8 Å². The van der Waals surface area contributed by atoms with E-state index in [-0.39, 0.29) is 23.2 Å². The normalized spacial score (nSPS) is 13.4. The molecule has 0 saturated carbocycles. The van der Waals surface area contributed by atoms with Crippen molar-refractivity contribution >= 4 is 21.6 Å². The topological polar surface area (TPSA) is 75.7 Å². The van der Waals surface area contributed by atoms with E-state index in [1.54, 1.807) is 36.1 Å². The predicted octanol–water partition coefficient (Wildman–Crippen LogP) is 4.22. The number of carbonyl (C=O) groups excluding carboxylic acids is 1. The zero-order valence-corrected chi connectivity index (χ0v) is 18.4. The van der Waals surface area contributed by atoms with Gasteiger partial charge in [-0.1, -0.05) is 24.3 Å². The second-order valence-electron chi connectivity index (χ2n) is 7.46. The lowest BCUT2D eigenvalue weighted by Gasteiger charge is -2.29. The smallest absolute Gasteiger partial charge is 0.262 e. The van der Waals surface area contributed by atoms with Crippen LogP contribution in [0.25, 0.3) is 0 Å². The van der Waals surface area contributed by atoms with Crippen LogP contribution in [-0.4, -0.2) is 32.4 Å². The van der Waals surface area contributed by atoms with E-state index >= 15 is 0 Å². The zero-order chi connectivity index (χ0) is 22.7. The molecule has 166 valence electrons. The molecule has 4 rings (SSSR count). The van der Waals surface area contributed by atoms with Gasteiger partial charge in [0.1, 0.15) is 0 Å². The molecule has 0 spiro atoms.